The lowest BCUT2D eigenvalue weighted by Crippen LogP contribution is -2.23. The summed E-state index contributed by atoms with van der Waals surface area (Å²) in [5.41, 5.74) is 0.726. The van der Waals surface area contributed by atoms with Crippen LogP contribution in [-0.4, -0.2) is 24.3 Å². The van der Waals surface area contributed by atoms with Crippen LogP contribution in [0.1, 0.15) is 19.7 Å². The molecule has 0 aliphatic heterocycles. The van der Waals surface area contributed by atoms with Crippen LogP contribution in [0.15, 0.2) is 28.9 Å². The molecule has 0 unspecified atom stereocenters. The van der Waals surface area contributed by atoms with E-state index in [2.05, 4.69) is 28.9 Å². The smallest absolute Gasteiger partial charge is 0.271 e. The molecule has 0 aliphatic carbocycles. The molecule has 0 N–H and O–H groups in total. The van der Waals surface area contributed by atoms with E-state index >= 15 is 0 Å². The van der Waals surface area contributed by atoms with Crippen LogP contribution in [0.2, 0.25) is 0 Å². The summed E-state index contributed by atoms with van der Waals surface area (Å²) in [4.78, 5) is 20.9. The summed E-state index contributed by atoms with van der Waals surface area (Å²) in [5, 5.41) is 6.09. The first kappa shape index (κ1) is 13.0. The first-order chi connectivity index (χ1) is 9.65. The number of thiophene rings is 1. The number of aromatic nitrogens is 5. The summed E-state index contributed by atoms with van der Waals surface area (Å²) in [6, 6.07) is 1.85. The van der Waals surface area contributed by atoms with Gasteiger partial charge in [0, 0.05) is 6.54 Å². The van der Waals surface area contributed by atoms with Crippen LogP contribution in [0.3, 0.4) is 0 Å². The summed E-state index contributed by atoms with van der Waals surface area (Å²) in [5.74, 6) is 1.25. The molecule has 6 nitrogen and oxygen atoms in total. The molecule has 0 saturated carbocycles. The fourth-order valence-electron chi connectivity index (χ4n) is 2.05. The quantitative estimate of drug-likeness (QED) is 0.734. The van der Waals surface area contributed by atoms with Crippen LogP contribution in [0.5, 0.6) is 0 Å². The van der Waals surface area contributed by atoms with Gasteiger partial charge in [-0.3, -0.25) is 9.36 Å². The highest BCUT2D eigenvalue weighted by Gasteiger charge is 2.10. The van der Waals surface area contributed by atoms with Crippen LogP contribution >= 0.6 is 11.3 Å². The van der Waals surface area contributed by atoms with E-state index in [9.17, 15) is 4.79 Å². The van der Waals surface area contributed by atoms with E-state index in [1.165, 1.54) is 17.7 Å². The molecule has 0 radical (unpaired) electrons. The van der Waals surface area contributed by atoms with Crippen molar-refractivity contribution >= 4 is 21.6 Å². The number of hydrogen-bond donors (Lipinski definition) is 0. The lowest BCUT2D eigenvalue weighted by Gasteiger charge is -2.09. The molecule has 7 heteroatoms. The van der Waals surface area contributed by atoms with Gasteiger partial charge in [-0.1, -0.05) is 13.8 Å². The third kappa shape index (κ3) is 2.36. The third-order valence-electron chi connectivity index (χ3n) is 2.98. The van der Waals surface area contributed by atoms with Gasteiger partial charge in [-0.15, -0.1) is 11.3 Å². The van der Waals surface area contributed by atoms with Crippen LogP contribution in [0, 0.1) is 5.92 Å². The van der Waals surface area contributed by atoms with E-state index in [1.807, 2.05) is 16.1 Å². The molecular formula is C13H15N5OS. The Bertz CT molecular complexity index is 785. The van der Waals surface area contributed by atoms with Crippen molar-refractivity contribution in [3.05, 3.63) is 40.3 Å². The van der Waals surface area contributed by atoms with Crippen molar-refractivity contribution in [1.29, 1.82) is 0 Å². The standard InChI is InChI=1S/C13H15N5OS/c1-9(2)5-18-11(14-7-16-18)6-17-8-15-10-3-4-20-12(10)13(17)19/h3-4,7-9H,5-6H2,1-2H3. The summed E-state index contributed by atoms with van der Waals surface area (Å²) < 4.78 is 4.11. The van der Waals surface area contributed by atoms with Gasteiger partial charge in [-0.2, -0.15) is 5.10 Å². The van der Waals surface area contributed by atoms with Gasteiger partial charge in [-0.25, -0.2) is 14.6 Å². The SMILES string of the molecule is CC(C)Cn1ncnc1Cn1cnc2ccsc2c1=O. The predicted molar refractivity (Wildman–Crippen MR) is 77.8 cm³/mol. The largest absolute Gasteiger partial charge is 0.290 e. The highest BCUT2D eigenvalue weighted by atomic mass is 32.1. The highest BCUT2D eigenvalue weighted by molar-refractivity contribution is 7.17. The Morgan fingerprint density at radius 2 is 2.20 bits per heavy atom. The normalized spacial score (nSPS) is 11.6. The molecule has 3 aromatic rings. The molecule has 0 fully saturated rings. The van der Waals surface area contributed by atoms with E-state index in [-0.39, 0.29) is 5.56 Å². The predicted octanol–water partition coefficient (Wildman–Crippen LogP) is 1.75. The number of hydrogen-bond acceptors (Lipinski definition) is 5. The molecule has 0 spiro atoms. The second-order valence-electron chi connectivity index (χ2n) is 5.06. The average Bonchev–Trinajstić information content (AvgIpc) is 3.02. The maximum Gasteiger partial charge on any atom is 0.271 e. The minimum atomic E-state index is -0.0240. The lowest BCUT2D eigenvalue weighted by atomic mass is 10.2. The van der Waals surface area contributed by atoms with Crippen molar-refractivity contribution in [2.24, 2.45) is 5.92 Å². The summed E-state index contributed by atoms with van der Waals surface area (Å²) in [7, 11) is 0. The Balaban J connectivity index is 1.95. The molecule has 0 bridgehead atoms. The Hall–Kier alpha value is -2.02. The van der Waals surface area contributed by atoms with Gasteiger partial charge in [0.1, 0.15) is 16.9 Å². The molecule has 0 atom stereocenters. The molecule has 104 valence electrons. The molecular weight excluding hydrogens is 274 g/mol. The van der Waals surface area contributed by atoms with Gasteiger partial charge < -0.3 is 0 Å². The minimum absolute atomic E-state index is 0.0240. The zero-order chi connectivity index (χ0) is 14.1. The Morgan fingerprint density at radius 3 is 3.00 bits per heavy atom. The first-order valence-electron chi connectivity index (χ1n) is 6.44. The van der Waals surface area contributed by atoms with Gasteiger partial charge in [0.15, 0.2) is 0 Å². The molecule has 20 heavy (non-hydrogen) atoms. The molecule has 3 rings (SSSR count). The fourth-order valence-corrected chi connectivity index (χ4v) is 2.85. The Labute approximate surface area is 119 Å². The molecule has 0 amide bonds. The van der Waals surface area contributed by atoms with Crippen LogP contribution in [0.4, 0.5) is 0 Å². The van der Waals surface area contributed by atoms with Crippen molar-refractivity contribution in [3.63, 3.8) is 0 Å². The van der Waals surface area contributed by atoms with E-state index in [0.717, 1.165) is 17.9 Å². The van der Waals surface area contributed by atoms with Gasteiger partial charge in [-0.05, 0) is 17.4 Å². The Morgan fingerprint density at radius 1 is 1.35 bits per heavy atom. The molecule has 3 heterocycles. The lowest BCUT2D eigenvalue weighted by molar-refractivity contribution is 0.459. The van der Waals surface area contributed by atoms with Crippen LogP contribution in [-0.2, 0) is 13.1 Å². The van der Waals surface area contributed by atoms with Crippen molar-refractivity contribution in [1.82, 2.24) is 24.3 Å². The van der Waals surface area contributed by atoms with Gasteiger partial charge in [0.25, 0.3) is 5.56 Å². The monoisotopic (exact) mass is 289 g/mol. The third-order valence-corrected chi connectivity index (χ3v) is 3.87. The van der Waals surface area contributed by atoms with Crippen molar-refractivity contribution in [3.8, 4) is 0 Å². The van der Waals surface area contributed by atoms with Crippen molar-refractivity contribution in [2.45, 2.75) is 26.9 Å². The fraction of sp³-hybridized carbons (Fsp3) is 0.385. The van der Waals surface area contributed by atoms with Crippen LogP contribution in [0.25, 0.3) is 10.2 Å². The molecule has 0 saturated heterocycles. The molecule has 0 aromatic carbocycles. The summed E-state index contributed by atoms with van der Waals surface area (Å²) in [6.45, 7) is 5.43. The highest BCUT2D eigenvalue weighted by Crippen LogP contribution is 2.13. The maximum absolute atomic E-state index is 12.3. The van der Waals surface area contributed by atoms with Gasteiger partial charge >= 0.3 is 0 Å². The number of nitrogens with zero attached hydrogens (tertiary/aromatic N) is 5. The summed E-state index contributed by atoms with van der Waals surface area (Å²) >= 11 is 1.42. The molecule has 0 aliphatic rings. The molecule has 3 aromatic heterocycles. The van der Waals surface area contributed by atoms with E-state index < -0.39 is 0 Å². The van der Waals surface area contributed by atoms with E-state index in [0.29, 0.717) is 17.2 Å². The Kier molecular flexibility index (Phi) is 3.35. The first-order valence-corrected chi connectivity index (χ1v) is 7.32. The minimum Gasteiger partial charge on any atom is -0.290 e. The van der Waals surface area contributed by atoms with E-state index in [1.54, 1.807) is 10.9 Å². The van der Waals surface area contributed by atoms with Crippen LogP contribution < -0.4 is 5.56 Å². The maximum atomic E-state index is 12.3. The summed E-state index contributed by atoms with van der Waals surface area (Å²) in [6.07, 6.45) is 3.10. The topological polar surface area (TPSA) is 65.6 Å². The van der Waals surface area contributed by atoms with Crippen molar-refractivity contribution in [2.75, 3.05) is 0 Å². The van der Waals surface area contributed by atoms with Gasteiger partial charge in [0.05, 0.1) is 18.4 Å². The zero-order valence-corrected chi connectivity index (χ0v) is 12.2. The van der Waals surface area contributed by atoms with Crippen molar-refractivity contribution < 1.29 is 0 Å². The van der Waals surface area contributed by atoms with Gasteiger partial charge in [0.2, 0.25) is 0 Å². The second-order valence-corrected chi connectivity index (χ2v) is 5.98. The second kappa shape index (κ2) is 5.16. The number of fused-ring (bicyclic) bond motifs is 1. The average molecular weight is 289 g/mol. The van der Waals surface area contributed by atoms with E-state index in [4.69, 9.17) is 0 Å². The zero-order valence-electron chi connectivity index (χ0n) is 11.4. The number of rotatable bonds is 4.